The van der Waals surface area contributed by atoms with Crippen molar-refractivity contribution in [2.24, 2.45) is 4.99 Å². The Hall–Kier alpha value is -2.58. The average molecular weight is 401 g/mol. The summed E-state index contributed by atoms with van der Waals surface area (Å²) in [7, 11) is 1.71. The molecule has 0 atom stereocenters. The van der Waals surface area contributed by atoms with Crippen LogP contribution in [0.2, 0.25) is 0 Å². The van der Waals surface area contributed by atoms with Crippen LogP contribution in [-0.4, -0.2) is 73.9 Å². The van der Waals surface area contributed by atoms with Gasteiger partial charge in [-0.3, -0.25) is 4.90 Å². The molecular weight excluding hydrogens is 368 g/mol. The Morgan fingerprint density at radius 3 is 2.62 bits per heavy atom. The molecule has 8 nitrogen and oxygen atoms in total. The van der Waals surface area contributed by atoms with Crippen LogP contribution in [0.4, 0.5) is 5.69 Å². The molecular formula is C21H32N6O2. The molecule has 0 unspecified atom stereocenters. The van der Waals surface area contributed by atoms with Crippen molar-refractivity contribution in [1.29, 1.82) is 0 Å². The zero-order chi connectivity index (χ0) is 20.3. The third-order valence-corrected chi connectivity index (χ3v) is 4.88. The molecule has 1 fully saturated rings. The smallest absolute Gasteiger partial charge is 0.194 e. The molecule has 158 valence electrons. The van der Waals surface area contributed by atoms with E-state index in [1.54, 1.807) is 13.4 Å². The number of methoxy groups -OCH3 is 1. The van der Waals surface area contributed by atoms with Gasteiger partial charge >= 0.3 is 0 Å². The van der Waals surface area contributed by atoms with E-state index in [4.69, 9.17) is 14.3 Å². The van der Waals surface area contributed by atoms with E-state index in [1.165, 1.54) is 5.56 Å². The number of guanidine groups is 1. The molecule has 0 radical (unpaired) electrons. The van der Waals surface area contributed by atoms with Gasteiger partial charge in [-0.05, 0) is 24.6 Å². The largest absolute Gasteiger partial charge is 0.383 e. The monoisotopic (exact) mass is 400 g/mol. The van der Waals surface area contributed by atoms with Crippen LogP contribution in [-0.2, 0) is 17.8 Å². The van der Waals surface area contributed by atoms with E-state index in [0.29, 0.717) is 13.2 Å². The Balaban J connectivity index is 1.50. The van der Waals surface area contributed by atoms with Gasteiger partial charge in [0.05, 0.1) is 18.8 Å². The molecule has 8 heteroatoms. The summed E-state index contributed by atoms with van der Waals surface area (Å²) in [6.45, 7) is 9.85. The van der Waals surface area contributed by atoms with Crippen molar-refractivity contribution in [3.05, 3.63) is 47.9 Å². The number of hydrogen-bond donors (Lipinski definition) is 2. The second-order valence-corrected chi connectivity index (χ2v) is 7.04. The molecule has 2 N–H and O–H groups in total. The van der Waals surface area contributed by atoms with E-state index in [1.807, 2.05) is 6.07 Å². The molecule has 1 saturated heterocycles. The molecule has 0 saturated carbocycles. The van der Waals surface area contributed by atoms with Gasteiger partial charge in [0.1, 0.15) is 6.26 Å². The molecule has 0 amide bonds. The van der Waals surface area contributed by atoms with Gasteiger partial charge in [0.25, 0.3) is 0 Å². The lowest BCUT2D eigenvalue weighted by Crippen LogP contribution is -2.52. The van der Waals surface area contributed by atoms with Crippen LogP contribution < -0.4 is 10.6 Å². The highest BCUT2D eigenvalue weighted by molar-refractivity contribution is 5.80. The van der Waals surface area contributed by atoms with Crippen molar-refractivity contribution in [2.45, 2.75) is 20.0 Å². The van der Waals surface area contributed by atoms with Gasteiger partial charge in [-0.15, -0.1) is 0 Å². The van der Waals surface area contributed by atoms with Crippen molar-refractivity contribution in [3.8, 4) is 0 Å². The summed E-state index contributed by atoms with van der Waals surface area (Å²) in [5.74, 6) is 0.982. The van der Waals surface area contributed by atoms with Gasteiger partial charge in [-0.2, -0.15) is 0 Å². The molecule has 29 heavy (non-hydrogen) atoms. The first kappa shape index (κ1) is 21.1. The van der Waals surface area contributed by atoms with Crippen LogP contribution in [0.1, 0.15) is 18.2 Å². The first-order chi connectivity index (χ1) is 14.3. The Bertz CT molecular complexity index is 724. The lowest BCUT2D eigenvalue weighted by molar-refractivity contribution is 0.169. The molecule has 0 spiro atoms. The molecule has 0 bridgehead atoms. The van der Waals surface area contributed by atoms with Crippen molar-refractivity contribution in [1.82, 2.24) is 20.3 Å². The zero-order valence-electron chi connectivity index (χ0n) is 17.4. The van der Waals surface area contributed by atoms with E-state index in [0.717, 1.165) is 63.2 Å². The number of nitrogens with zero attached hydrogens (tertiary/aromatic N) is 4. The van der Waals surface area contributed by atoms with Gasteiger partial charge in [0, 0.05) is 64.7 Å². The molecule has 0 aliphatic carbocycles. The number of ether oxygens (including phenoxy) is 1. The lowest BCUT2D eigenvalue weighted by atomic mass is 10.2. The minimum absolute atomic E-state index is 0.667. The summed E-state index contributed by atoms with van der Waals surface area (Å²) < 4.78 is 9.99. The standard InChI is InChI=1S/C21H32N6O2/c1-3-22-21(24-16-18-4-6-19(7-5-18)23-9-15-28-2)27-12-10-26(11-13-27)17-20-8-14-29-25-20/h4-8,14,23H,3,9-13,15-17H2,1-2H3,(H,22,24). The number of benzene rings is 1. The Morgan fingerprint density at radius 2 is 1.97 bits per heavy atom. The molecule has 1 aliphatic heterocycles. The molecule has 2 aromatic rings. The van der Waals surface area contributed by atoms with Crippen LogP contribution in [0.15, 0.2) is 46.1 Å². The van der Waals surface area contributed by atoms with Crippen molar-refractivity contribution in [2.75, 3.05) is 58.3 Å². The lowest BCUT2D eigenvalue weighted by Gasteiger charge is -2.36. The van der Waals surface area contributed by atoms with E-state index >= 15 is 0 Å². The van der Waals surface area contributed by atoms with Gasteiger partial charge in [0.15, 0.2) is 5.96 Å². The zero-order valence-corrected chi connectivity index (χ0v) is 17.4. The first-order valence-corrected chi connectivity index (χ1v) is 10.2. The second kappa shape index (κ2) is 11.4. The Kier molecular flexibility index (Phi) is 8.33. The van der Waals surface area contributed by atoms with E-state index < -0.39 is 0 Å². The highest BCUT2D eigenvalue weighted by Gasteiger charge is 2.20. The molecule has 1 aromatic carbocycles. The maximum absolute atomic E-state index is 5.06. The van der Waals surface area contributed by atoms with Gasteiger partial charge in [-0.25, -0.2) is 4.99 Å². The molecule has 1 aliphatic rings. The summed E-state index contributed by atoms with van der Waals surface area (Å²) in [4.78, 5) is 9.59. The number of nitrogens with one attached hydrogen (secondary N) is 2. The number of aromatic nitrogens is 1. The first-order valence-electron chi connectivity index (χ1n) is 10.2. The average Bonchev–Trinajstić information content (AvgIpc) is 3.26. The van der Waals surface area contributed by atoms with Crippen molar-refractivity contribution in [3.63, 3.8) is 0 Å². The fourth-order valence-electron chi connectivity index (χ4n) is 3.28. The van der Waals surface area contributed by atoms with E-state index in [2.05, 4.69) is 56.8 Å². The van der Waals surface area contributed by atoms with Crippen LogP contribution in [0.5, 0.6) is 0 Å². The second-order valence-electron chi connectivity index (χ2n) is 7.04. The summed E-state index contributed by atoms with van der Waals surface area (Å²) in [6.07, 6.45) is 1.63. The Morgan fingerprint density at radius 1 is 1.17 bits per heavy atom. The predicted molar refractivity (Wildman–Crippen MR) is 115 cm³/mol. The Labute approximate surface area is 172 Å². The maximum atomic E-state index is 5.06. The fourth-order valence-corrected chi connectivity index (χ4v) is 3.28. The van der Waals surface area contributed by atoms with Gasteiger partial charge < -0.3 is 24.8 Å². The number of piperazine rings is 1. The van der Waals surface area contributed by atoms with Crippen LogP contribution in [0.3, 0.4) is 0 Å². The summed E-state index contributed by atoms with van der Waals surface area (Å²) in [5.41, 5.74) is 3.28. The molecule has 3 rings (SSSR count). The fraction of sp³-hybridized carbons (Fsp3) is 0.524. The normalized spacial score (nSPS) is 15.5. The van der Waals surface area contributed by atoms with Crippen molar-refractivity contribution < 1.29 is 9.26 Å². The predicted octanol–water partition coefficient (Wildman–Crippen LogP) is 2.02. The number of anilines is 1. The maximum Gasteiger partial charge on any atom is 0.194 e. The topological polar surface area (TPSA) is 78.2 Å². The van der Waals surface area contributed by atoms with E-state index in [-0.39, 0.29) is 0 Å². The third-order valence-electron chi connectivity index (χ3n) is 4.88. The summed E-state index contributed by atoms with van der Waals surface area (Å²) in [6, 6.07) is 10.4. The number of aliphatic imine (C=N–C) groups is 1. The summed E-state index contributed by atoms with van der Waals surface area (Å²) >= 11 is 0. The highest BCUT2D eigenvalue weighted by atomic mass is 16.5. The molecule has 2 heterocycles. The third kappa shape index (κ3) is 6.76. The summed E-state index contributed by atoms with van der Waals surface area (Å²) in [5, 5.41) is 10.8. The molecule has 1 aromatic heterocycles. The number of rotatable bonds is 9. The SMILES string of the molecule is CCNC(=NCc1ccc(NCCOC)cc1)N1CCN(Cc2ccon2)CC1. The number of hydrogen-bond acceptors (Lipinski definition) is 6. The highest BCUT2D eigenvalue weighted by Crippen LogP contribution is 2.11. The van der Waals surface area contributed by atoms with Crippen molar-refractivity contribution >= 4 is 11.6 Å². The van der Waals surface area contributed by atoms with Gasteiger partial charge in [0.2, 0.25) is 0 Å². The van der Waals surface area contributed by atoms with Crippen LogP contribution in [0, 0.1) is 0 Å². The quantitative estimate of drug-likeness (QED) is 0.379. The minimum Gasteiger partial charge on any atom is -0.383 e. The van der Waals surface area contributed by atoms with Crippen LogP contribution in [0.25, 0.3) is 0 Å². The van der Waals surface area contributed by atoms with Crippen LogP contribution >= 0.6 is 0 Å². The minimum atomic E-state index is 0.667. The van der Waals surface area contributed by atoms with E-state index in [9.17, 15) is 0 Å². The van der Waals surface area contributed by atoms with Gasteiger partial charge in [-0.1, -0.05) is 17.3 Å².